The van der Waals surface area contributed by atoms with Crippen LogP contribution in [0.2, 0.25) is 0 Å². The average Bonchev–Trinajstić information content (AvgIpc) is 2.68. The molecule has 8 nitrogen and oxygen atoms in total. The Morgan fingerprint density at radius 2 is 1.61 bits per heavy atom. The van der Waals surface area contributed by atoms with Crippen LogP contribution >= 0.6 is 0 Å². The van der Waals surface area contributed by atoms with Gasteiger partial charge in [0, 0.05) is 23.4 Å². The van der Waals surface area contributed by atoms with Gasteiger partial charge in [0.25, 0.3) is 5.91 Å². The Bertz CT molecular complexity index is 869. The van der Waals surface area contributed by atoms with Crippen molar-refractivity contribution in [2.75, 3.05) is 0 Å². The lowest BCUT2D eigenvalue weighted by Crippen LogP contribution is -2.42. The van der Waals surface area contributed by atoms with Gasteiger partial charge in [-0.1, -0.05) is 19.9 Å². The molecular weight excluding hydrogens is 364 g/mol. The number of carboxylic acid groups (broad SMARTS) is 2. The summed E-state index contributed by atoms with van der Waals surface area (Å²) in [6.45, 7) is 3.40. The largest absolute Gasteiger partial charge is 0.481 e. The van der Waals surface area contributed by atoms with E-state index in [1.165, 1.54) is 30.3 Å². The highest BCUT2D eigenvalue weighted by Crippen LogP contribution is 2.38. The van der Waals surface area contributed by atoms with Crippen molar-refractivity contribution in [3.63, 3.8) is 0 Å². The second-order valence-electron chi connectivity index (χ2n) is 6.40. The Balaban J connectivity index is 2.33. The van der Waals surface area contributed by atoms with Gasteiger partial charge in [0.1, 0.15) is 5.41 Å². The lowest BCUT2D eigenvalue weighted by molar-refractivity contribution is -0.147. The molecule has 0 aromatic heterocycles. The summed E-state index contributed by atoms with van der Waals surface area (Å²) in [5, 5.41) is 24.0. The third kappa shape index (κ3) is 4.28. The molecule has 0 aliphatic heterocycles. The third-order valence-electron chi connectivity index (χ3n) is 4.75. The molecule has 1 atom stereocenters. The van der Waals surface area contributed by atoms with Crippen molar-refractivity contribution in [3.05, 3.63) is 58.9 Å². The molecule has 0 fully saturated rings. The Morgan fingerprint density at radius 3 is 2.11 bits per heavy atom. The summed E-state index contributed by atoms with van der Waals surface area (Å²) in [7, 11) is 0. The first-order valence-corrected chi connectivity index (χ1v) is 8.83. The molecule has 0 saturated heterocycles. The van der Waals surface area contributed by atoms with Crippen molar-refractivity contribution in [3.8, 4) is 0 Å². The number of carboxylic acids is 2. The summed E-state index contributed by atoms with van der Waals surface area (Å²) < 4.78 is 0. The van der Waals surface area contributed by atoms with E-state index in [2.05, 4.69) is 10.6 Å². The molecule has 28 heavy (non-hydrogen) atoms. The minimum absolute atomic E-state index is 0.0365. The molecule has 0 saturated carbocycles. The summed E-state index contributed by atoms with van der Waals surface area (Å²) in [4.78, 5) is 47.2. The number of aliphatic carboxylic acids is 1. The molecule has 4 N–H and O–H groups in total. The predicted molar refractivity (Wildman–Crippen MR) is 100 cm³/mol. The van der Waals surface area contributed by atoms with Gasteiger partial charge in [0.2, 0.25) is 5.91 Å². The zero-order chi connectivity index (χ0) is 20.9. The first-order chi connectivity index (χ1) is 13.2. The van der Waals surface area contributed by atoms with Crippen molar-refractivity contribution in [2.24, 2.45) is 5.41 Å². The Kier molecular flexibility index (Phi) is 6.35. The summed E-state index contributed by atoms with van der Waals surface area (Å²) in [6.07, 6.45) is 3.70. The monoisotopic (exact) mass is 386 g/mol. The highest BCUT2D eigenvalue weighted by atomic mass is 16.4. The van der Waals surface area contributed by atoms with E-state index in [9.17, 15) is 24.3 Å². The van der Waals surface area contributed by atoms with Gasteiger partial charge < -0.3 is 20.8 Å². The molecule has 1 aliphatic rings. The zero-order valence-corrected chi connectivity index (χ0v) is 15.6. The number of carbonyl (C=O) groups excluding carboxylic acids is 2. The maximum absolute atomic E-state index is 12.6. The van der Waals surface area contributed by atoms with E-state index in [-0.39, 0.29) is 42.0 Å². The van der Waals surface area contributed by atoms with E-state index in [0.29, 0.717) is 5.70 Å². The van der Waals surface area contributed by atoms with Gasteiger partial charge >= 0.3 is 11.9 Å². The maximum atomic E-state index is 12.6. The highest BCUT2D eigenvalue weighted by molar-refractivity contribution is 5.97. The van der Waals surface area contributed by atoms with Crippen LogP contribution in [0.4, 0.5) is 0 Å². The van der Waals surface area contributed by atoms with Crippen LogP contribution in [-0.2, 0) is 9.59 Å². The van der Waals surface area contributed by atoms with Crippen LogP contribution in [0.25, 0.3) is 0 Å². The standard InChI is InChI=1S/C20H22N2O6/c1-3-16(23)21-14-9-10-20(4-2,19(27)28)15(11-14)22-17(24)12-5-7-13(8-6-12)18(25)26/h5-9,11H,3-4,10H2,1-2H3,(H,21,23)(H,22,24)(H,25,26)(H,27,28). The van der Waals surface area contributed by atoms with Crippen LogP contribution in [0.15, 0.2) is 47.8 Å². The summed E-state index contributed by atoms with van der Waals surface area (Å²) in [5.41, 5.74) is -0.501. The second-order valence-corrected chi connectivity index (χ2v) is 6.40. The number of hydrogen-bond donors (Lipinski definition) is 4. The predicted octanol–water partition coefficient (Wildman–Crippen LogP) is 2.29. The molecule has 0 radical (unpaired) electrons. The van der Waals surface area contributed by atoms with E-state index in [1.807, 2.05) is 0 Å². The number of allylic oxidation sites excluding steroid dienone is 2. The van der Waals surface area contributed by atoms with Crippen molar-refractivity contribution in [1.82, 2.24) is 10.6 Å². The minimum atomic E-state index is -1.32. The highest BCUT2D eigenvalue weighted by Gasteiger charge is 2.42. The number of amides is 2. The first-order valence-electron chi connectivity index (χ1n) is 8.83. The van der Waals surface area contributed by atoms with Crippen molar-refractivity contribution >= 4 is 23.8 Å². The molecule has 1 aromatic rings. The summed E-state index contributed by atoms with van der Waals surface area (Å²) in [5.74, 6) is -2.98. The van der Waals surface area contributed by atoms with Crippen molar-refractivity contribution < 1.29 is 29.4 Å². The lowest BCUT2D eigenvalue weighted by Gasteiger charge is -2.33. The number of benzene rings is 1. The fraction of sp³-hybridized carbons (Fsp3) is 0.300. The molecule has 1 unspecified atom stereocenters. The molecule has 0 spiro atoms. The molecule has 0 heterocycles. The number of rotatable bonds is 7. The van der Waals surface area contributed by atoms with E-state index < -0.39 is 23.3 Å². The van der Waals surface area contributed by atoms with E-state index in [1.54, 1.807) is 19.9 Å². The van der Waals surface area contributed by atoms with Crippen LogP contribution in [0.5, 0.6) is 0 Å². The Labute approximate surface area is 161 Å². The number of aromatic carboxylic acids is 1. The minimum Gasteiger partial charge on any atom is -0.481 e. The van der Waals surface area contributed by atoms with E-state index in [0.717, 1.165) is 0 Å². The Hall–Kier alpha value is -3.42. The van der Waals surface area contributed by atoms with Crippen LogP contribution in [0.3, 0.4) is 0 Å². The maximum Gasteiger partial charge on any atom is 0.335 e. The van der Waals surface area contributed by atoms with Gasteiger partial charge in [-0.15, -0.1) is 0 Å². The molecule has 0 bridgehead atoms. The van der Waals surface area contributed by atoms with Crippen LogP contribution in [0.1, 0.15) is 53.8 Å². The average molecular weight is 386 g/mol. The normalized spacial score (nSPS) is 18.5. The third-order valence-corrected chi connectivity index (χ3v) is 4.75. The smallest absolute Gasteiger partial charge is 0.335 e. The van der Waals surface area contributed by atoms with Gasteiger partial charge in [-0.05, 0) is 43.2 Å². The molecular formula is C20H22N2O6. The molecule has 1 aliphatic carbocycles. The second kappa shape index (κ2) is 8.51. The van der Waals surface area contributed by atoms with Gasteiger partial charge in [0.15, 0.2) is 0 Å². The van der Waals surface area contributed by atoms with Crippen molar-refractivity contribution in [2.45, 2.75) is 33.1 Å². The van der Waals surface area contributed by atoms with E-state index >= 15 is 0 Å². The topological polar surface area (TPSA) is 133 Å². The molecule has 148 valence electrons. The fourth-order valence-corrected chi connectivity index (χ4v) is 2.89. The Morgan fingerprint density at radius 1 is 1.00 bits per heavy atom. The van der Waals surface area contributed by atoms with Gasteiger partial charge in [-0.25, -0.2) is 4.79 Å². The van der Waals surface area contributed by atoms with Gasteiger partial charge in [0.05, 0.1) is 5.56 Å². The molecule has 2 amide bonds. The SMILES string of the molecule is CCC(=O)NC1=CCC(CC)(C(=O)O)C(NC(=O)c2ccc(C(=O)O)cc2)=C1. The van der Waals surface area contributed by atoms with E-state index in [4.69, 9.17) is 5.11 Å². The first kappa shape index (κ1) is 20.9. The van der Waals surface area contributed by atoms with Crippen LogP contribution in [-0.4, -0.2) is 34.0 Å². The fourth-order valence-electron chi connectivity index (χ4n) is 2.89. The number of nitrogens with one attached hydrogen (secondary N) is 2. The van der Waals surface area contributed by atoms with Crippen molar-refractivity contribution in [1.29, 1.82) is 0 Å². The summed E-state index contributed by atoms with van der Waals surface area (Å²) >= 11 is 0. The molecule has 8 heteroatoms. The van der Waals surface area contributed by atoms with Gasteiger partial charge in [-0.2, -0.15) is 0 Å². The van der Waals surface area contributed by atoms with Gasteiger partial charge in [-0.3, -0.25) is 14.4 Å². The quantitative estimate of drug-likeness (QED) is 0.568. The number of hydrogen-bond acceptors (Lipinski definition) is 4. The molecule has 1 aromatic carbocycles. The van der Waals surface area contributed by atoms with Crippen LogP contribution in [0, 0.1) is 5.41 Å². The van der Waals surface area contributed by atoms with Crippen LogP contribution < -0.4 is 10.6 Å². The molecule has 2 rings (SSSR count). The number of carbonyl (C=O) groups is 4. The zero-order valence-electron chi connectivity index (χ0n) is 15.6. The lowest BCUT2D eigenvalue weighted by atomic mass is 9.75. The summed E-state index contributed by atoms with van der Waals surface area (Å²) in [6, 6.07) is 5.30.